The van der Waals surface area contributed by atoms with E-state index in [1.165, 1.54) is 0 Å². The van der Waals surface area contributed by atoms with E-state index in [2.05, 4.69) is 0 Å². The van der Waals surface area contributed by atoms with Crippen molar-refractivity contribution in [3.05, 3.63) is 29.5 Å². The fourth-order valence-electron chi connectivity index (χ4n) is 2.95. The van der Waals surface area contributed by atoms with Gasteiger partial charge in [-0.25, -0.2) is 0 Å². The number of hydrogen-bond donors (Lipinski definition) is 1. The van der Waals surface area contributed by atoms with Gasteiger partial charge in [0, 0.05) is 24.0 Å². The average molecular weight is 333 g/mol. The fourth-order valence-corrected chi connectivity index (χ4v) is 2.95. The first kappa shape index (κ1) is 16.3. The maximum Gasteiger partial charge on any atom is 0.306 e. The van der Waals surface area contributed by atoms with Crippen LogP contribution in [-0.2, 0) is 9.53 Å². The summed E-state index contributed by atoms with van der Waals surface area (Å²) in [5, 5.41) is 9.72. The summed E-state index contributed by atoms with van der Waals surface area (Å²) in [6.45, 7) is 2.78. The van der Waals surface area contributed by atoms with Crippen molar-refractivity contribution >= 4 is 22.8 Å². The molecule has 24 heavy (non-hydrogen) atoms. The van der Waals surface area contributed by atoms with E-state index in [0.717, 1.165) is 10.9 Å². The van der Waals surface area contributed by atoms with E-state index < -0.39 is 12.1 Å². The largest absolute Gasteiger partial charge is 0.493 e. The number of hydrogen-bond acceptors (Lipinski definition) is 5. The van der Waals surface area contributed by atoms with Crippen molar-refractivity contribution in [1.29, 1.82) is 0 Å². The van der Waals surface area contributed by atoms with E-state index in [1.807, 2.05) is 19.1 Å². The van der Waals surface area contributed by atoms with E-state index in [0.29, 0.717) is 24.5 Å². The van der Waals surface area contributed by atoms with Crippen LogP contribution in [0.4, 0.5) is 0 Å². The van der Waals surface area contributed by atoms with Crippen LogP contribution in [0, 0.1) is 6.92 Å². The third-order valence-corrected chi connectivity index (χ3v) is 4.17. The summed E-state index contributed by atoms with van der Waals surface area (Å²) in [5.74, 6) is -0.380. The van der Waals surface area contributed by atoms with Crippen molar-refractivity contribution in [2.24, 2.45) is 0 Å². The minimum atomic E-state index is -0.945. The molecule has 1 N–H and O–H groups in total. The molecular weight excluding hydrogens is 314 g/mol. The topological polar surface area (TPSA) is 89.2 Å². The van der Waals surface area contributed by atoms with Gasteiger partial charge in [-0.2, -0.15) is 0 Å². The van der Waals surface area contributed by atoms with Crippen molar-refractivity contribution in [2.75, 3.05) is 26.8 Å². The summed E-state index contributed by atoms with van der Waals surface area (Å²) in [7, 11) is 1.55. The molecule has 0 bridgehead atoms. The van der Waals surface area contributed by atoms with Gasteiger partial charge in [-0.05, 0) is 13.0 Å². The summed E-state index contributed by atoms with van der Waals surface area (Å²) in [4.78, 5) is 25.2. The Balaban J connectivity index is 1.88. The summed E-state index contributed by atoms with van der Waals surface area (Å²) >= 11 is 0. The molecule has 1 aliphatic rings. The Bertz CT molecular complexity index is 781. The number of carboxylic acids is 1. The number of carbonyl (C=O) groups excluding carboxylic acids is 1. The molecule has 1 fully saturated rings. The summed E-state index contributed by atoms with van der Waals surface area (Å²) in [6.07, 6.45) is -0.629. The number of fused-ring (bicyclic) bond motifs is 1. The molecule has 2 aromatic rings. The monoisotopic (exact) mass is 333 g/mol. The lowest BCUT2D eigenvalue weighted by atomic mass is 10.1. The molecule has 0 unspecified atom stereocenters. The fraction of sp³-hybridized carbons (Fsp3) is 0.412. The first-order valence-electron chi connectivity index (χ1n) is 7.70. The van der Waals surface area contributed by atoms with Crippen LogP contribution in [0.3, 0.4) is 0 Å². The van der Waals surface area contributed by atoms with E-state index >= 15 is 0 Å². The van der Waals surface area contributed by atoms with Crippen molar-refractivity contribution in [2.45, 2.75) is 19.4 Å². The standard InChI is InChI=1S/C17H19NO6/c1-10-12-4-3-5-13(22-2)16(12)24-15(10)17(21)18-6-7-23-11(9-18)8-14(19)20/h3-5,11H,6-9H2,1-2H3,(H,19,20)/t11-/m0/s1. The minimum Gasteiger partial charge on any atom is -0.493 e. The number of methoxy groups -OCH3 is 1. The van der Waals surface area contributed by atoms with Gasteiger partial charge in [-0.3, -0.25) is 9.59 Å². The van der Waals surface area contributed by atoms with Crippen LogP contribution < -0.4 is 4.74 Å². The number of furan rings is 1. The third kappa shape index (κ3) is 2.94. The van der Waals surface area contributed by atoms with Gasteiger partial charge in [0.15, 0.2) is 17.1 Å². The van der Waals surface area contributed by atoms with E-state index in [-0.39, 0.29) is 24.6 Å². The Hall–Kier alpha value is -2.54. The lowest BCUT2D eigenvalue weighted by molar-refractivity contribution is -0.141. The van der Waals surface area contributed by atoms with Gasteiger partial charge in [0.2, 0.25) is 0 Å². The zero-order valence-electron chi connectivity index (χ0n) is 13.6. The van der Waals surface area contributed by atoms with Crippen LogP contribution in [0.2, 0.25) is 0 Å². The number of carbonyl (C=O) groups is 2. The number of aryl methyl sites for hydroxylation is 1. The zero-order valence-corrected chi connectivity index (χ0v) is 13.6. The molecule has 0 saturated carbocycles. The number of morpholine rings is 1. The highest BCUT2D eigenvalue weighted by atomic mass is 16.5. The molecule has 0 spiro atoms. The second-order valence-corrected chi connectivity index (χ2v) is 5.73. The molecule has 3 rings (SSSR count). The third-order valence-electron chi connectivity index (χ3n) is 4.17. The second-order valence-electron chi connectivity index (χ2n) is 5.73. The Morgan fingerprint density at radius 1 is 1.42 bits per heavy atom. The molecular formula is C17H19NO6. The van der Waals surface area contributed by atoms with Crippen molar-refractivity contribution in [3.8, 4) is 5.75 Å². The van der Waals surface area contributed by atoms with Gasteiger partial charge in [0.1, 0.15) is 0 Å². The molecule has 0 aliphatic carbocycles. The number of carboxylic acid groups (broad SMARTS) is 1. The SMILES string of the molecule is COc1cccc2c(C)c(C(=O)N3CCO[C@@H](CC(=O)O)C3)oc12. The number of rotatable bonds is 4. The number of para-hydroxylation sites is 1. The highest BCUT2D eigenvalue weighted by Gasteiger charge is 2.30. The summed E-state index contributed by atoms with van der Waals surface area (Å²) in [6, 6.07) is 5.49. The van der Waals surface area contributed by atoms with Crippen LogP contribution >= 0.6 is 0 Å². The molecule has 128 valence electrons. The van der Waals surface area contributed by atoms with E-state index in [4.69, 9.17) is 19.0 Å². The molecule has 1 amide bonds. The number of ether oxygens (including phenoxy) is 2. The first-order valence-corrected chi connectivity index (χ1v) is 7.70. The number of benzene rings is 1. The second kappa shape index (κ2) is 6.52. The van der Waals surface area contributed by atoms with Crippen LogP contribution in [0.5, 0.6) is 5.75 Å². The van der Waals surface area contributed by atoms with Crippen molar-refractivity contribution < 1.29 is 28.6 Å². The smallest absolute Gasteiger partial charge is 0.306 e. The molecule has 1 aromatic carbocycles. The maximum atomic E-state index is 12.8. The Morgan fingerprint density at radius 2 is 2.21 bits per heavy atom. The Labute approximate surface area is 138 Å². The first-order chi connectivity index (χ1) is 11.5. The van der Waals surface area contributed by atoms with Crippen LogP contribution in [0.1, 0.15) is 22.5 Å². The van der Waals surface area contributed by atoms with Gasteiger partial charge in [0.05, 0.1) is 26.2 Å². The molecule has 1 saturated heterocycles. The lowest BCUT2D eigenvalue weighted by Crippen LogP contribution is -2.46. The molecule has 2 heterocycles. The highest BCUT2D eigenvalue weighted by Crippen LogP contribution is 2.33. The zero-order chi connectivity index (χ0) is 17.3. The molecule has 1 aliphatic heterocycles. The van der Waals surface area contributed by atoms with Gasteiger partial charge in [-0.1, -0.05) is 12.1 Å². The normalized spacial score (nSPS) is 17.9. The van der Waals surface area contributed by atoms with Crippen LogP contribution in [-0.4, -0.2) is 54.8 Å². The Morgan fingerprint density at radius 3 is 2.92 bits per heavy atom. The number of aliphatic carboxylic acids is 1. The molecule has 1 atom stereocenters. The Kier molecular flexibility index (Phi) is 4.44. The molecule has 7 heteroatoms. The van der Waals surface area contributed by atoms with Gasteiger partial charge < -0.3 is 23.9 Å². The summed E-state index contributed by atoms with van der Waals surface area (Å²) in [5.41, 5.74) is 1.28. The molecule has 1 aromatic heterocycles. The highest BCUT2D eigenvalue weighted by molar-refractivity contribution is 6.00. The maximum absolute atomic E-state index is 12.8. The quantitative estimate of drug-likeness (QED) is 0.921. The molecule has 0 radical (unpaired) electrons. The van der Waals surface area contributed by atoms with E-state index in [9.17, 15) is 9.59 Å². The van der Waals surface area contributed by atoms with E-state index in [1.54, 1.807) is 18.1 Å². The van der Waals surface area contributed by atoms with Gasteiger partial charge in [0.25, 0.3) is 5.91 Å². The number of nitrogens with zero attached hydrogens (tertiary/aromatic N) is 1. The average Bonchev–Trinajstić information content (AvgIpc) is 2.91. The number of amides is 1. The predicted molar refractivity (Wildman–Crippen MR) is 85.4 cm³/mol. The minimum absolute atomic E-state index is 0.128. The van der Waals surface area contributed by atoms with Crippen LogP contribution in [0.25, 0.3) is 11.0 Å². The van der Waals surface area contributed by atoms with Gasteiger partial charge in [-0.15, -0.1) is 0 Å². The summed E-state index contributed by atoms with van der Waals surface area (Å²) < 4.78 is 16.5. The predicted octanol–water partition coefficient (Wildman–Crippen LogP) is 2.07. The van der Waals surface area contributed by atoms with Crippen molar-refractivity contribution in [1.82, 2.24) is 4.90 Å². The lowest BCUT2D eigenvalue weighted by Gasteiger charge is -2.31. The molecule has 7 nitrogen and oxygen atoms in total. The van der Waals surface area contributed by atoms with Crippen LogP contribution in [0.15, 0.2) is 22.6 Å². The van der Waals surface area contributed by atoms with Crippen molar-refractivity contribution in [3.63, 3.8) is 0 Å². The van der Waals surface area contributed by atoms with Gasteiger partial charge >= 0.3 is 5.97 Å².